The molecule has 0 aliphatic heterocycles. The lowest BCUT2D eigenvalue weighted by molar-refractivity contribution is 0.110. The van der Waals surface area contributed by atoms with Crippen LogP contribution in [0.2, 0.25) is 0 Å². The minimum atomic E-state index is -0.939. The average Bonchev–Trinajstić information content (AvgIpc) is 3.22. The van der Waals surface area contributed by atoms with E-state index in [-0.39, 0.29) is 17.8 Å². The molecule has 9 nitrogen and oxygen atoms in total. The number of aromatic nitrogens is 4. The zero-order valence-electron chi connectivity index (χ0n) is 17.3. The van der Waals surface area contributed by atoms with Gasteiger partial charge < -0.3 is 21.5 Å². The van der Waals surface area contributed by atoms with E-state index in [4.69, 9.17) is 11.0 Å². The Kier molecular flexibility index (Phi) is 6.26. The van der Waals surface area contributed by atoms with Crippen LogP contribution in [0.5, 0.6) is 0 Å². The van der Waals surface area contributed by atoms with Crippen molar-refractivity contribution in [2.75, 3.05) is 10.6 Å². The molecule has 0 atom stereocenters. The minimum absolute atomic E-state index is 0.241. The van der Waals surface area contributed by atoms with E-state index in [1.807, 2.05) is 12.1 Å². The lowest BCUT2D eigenvalue weighted by atomic mass is 9.91. The molecule has 2 fully saturated rings. The van der Waals surface area contributed by atoms with Crippen molar-refractivity contribution in [2.45, 2.75) is 69.1 Å². The van der Waals surface area contributed by atoms with Gasteiger partial charge in [-0.3, -0.25) is 0 Å². The largest absolute Gasteiger partial charge is 0.380 e. The summed E-state index contributed by atoms with van der Waals surface area (Å²) in [7, 11) is 0. The predicted molar refractivity (Wildman–Crippen MR) is 116 cm³/mol. The van der Waals surface area contributed by atoms with Gasteiger partial charge in [0, 0.05) is 18.2 Å². The molecule has 31 heavy (non-hydrogen) atoms. The third kappa shape index (κ3) is 5.46. The Morgan fingerprint density at radius 2 is 1.84 bits per heavy atom. The van der Waals surface area contributed by atoms with E-state index in [9.17, 15) is 5.11 Å². The highest BCUT2D eigenvalue weighted by Gasteiger charge is 2.29. The Morgan fingerprint density at radius 1 is 1.06 bits per heavy atom. The molecule has 5 N–H and O–H groups in total. The molecular weight excluding hydrogens is 392 g/mol. The van der Waals surface area contributed by atoms with Gasteiger partial charge in [-0.2, -0.15) is 5.26 Å². The number of nitriles is 1. The normalized spacial score (nSPS) is 22.1. The smallest absolute Gasteiger partial charge is 0.159 e. The van der Waals surface area contributed by atoms with E-state index in [1.165, 1.54) is 12.4 Å². The molecule has 2 saturated carbocycles. The fourth-order valence-corrected chi connectivity index (χ4v) is 3.98. The summed E-state index contributed by atoms with van der Waals surface area (Å²) < 4.78 is 0. The standard InChI is InChI=1S/C22H26N8O/c23-12-17-13-26-21(14-25-17)28-20-11-19(27-16-5-3-15(24)4-6-16)18(29-30-20)7-10-22(31)8-1-2-9-22/h11,13-16,31H,1-6,8-9,24H2,(H2,26,27,28,30). The van der Waals surface area contributed by atoms with Crippen molar-refractivity contribution in [3.8, 4) is 17.9 Å². The summed E-state index contributed by atoms with van der Waals surface area (Å²) in [4.78, 5) is 8.16. The van der Waals surface area contributed by atoms with Crippen molar-refractivity contribution in [3.63, 3.8) is 0 Å². The second-order valence-corrected chi connectivity index (χ2v) is 8.26. The summed E-state index contributed by atoms with van der Waals surface area (Å²) in [5.41, 5.74) is 6.61. The number of nitrogens with one attached hydrogen (secondary N) is 2. The van der Waals surface area contributed by atoms with Crippen LogP contribution in [0, 0.1) is 23.2 Å². The van der Waals surface area contributed by atoms with Gasteiger partial charge in [-0.1, -0.05) is 5.92 Å². The molecule has 160 valence electrons. The molecule has 2 aliphatic rings. The molecule has 0 unspecified atom stereocenters. The number of rotatable bonds is 4. The molecule has 2 aromatic heterocycles. The number of nitrogens with two attached hydrogens (primary N) is 1. The average molecular weight is 419 g/mol. The Morgan fingerprint density at radius 3 is 2.52 bits per heavy atom. The van der Waals surface area contributed by atoms with Gasteiger partial charge in [0.05, 0.1) is 18.1 Å². The molecule has 0 spiro atoms. The van der Waals surface area contributed by atoms with Crippen molar-refractivity contribution >= 4 is 17.3 Å². The summed E-state index contributed by atoms with van der Waals surface area (Å²) in [6.07, 6.45) is 10.1. The van der Waals surface area contributed by atoms with Crippen molar-refractivity contribution in [1.29, 1.82) is 5.26 Å². The van der Waals surface area contributed by atoms with Gasteiger partial charge in [0.25, 0.3) is 0 Å². The van der Waals surface area contributed by atoms with Gasteiger partial charge >= 0.3 is 0 Å². The molecule has 4 rings (SSSR count). The van der Waals surface area contributed by atoms with E-state index < -0.39 is 5.60 Å². The van der Waals surface area contributed by atoms with E-state index in [0.717, 1.165) is 44.2 Å². The number of aliphatic hydroxyl groups is 1. The second-order valence-electron chi connectivity index (χ2n) is 8.26. The molecule has 0 amide bonds. The summed E-state index contributed by atoms with van der Waals surface area (Å²) >= 11 is 0. The molecule has 0 aromatic carbocycles. The summed E-state index contributed by atoms with van der Waals surface area (Å²) in [6.45, 7) is 0. The number of anilines is 3. The van der Waals surface area contributed by atoms with Gasteiger partial charge in [0.2, 0.25) is 0 Å². The van der Waals surface area contributed by atoms with Crippen LogP contribution >= 0.6 is 0 Å². The van der Waals surface area contributed by atoms with Crippen molar-refractivity contribution in [1.82, 2.24) is 20.2 Å². The fraction of sp³-hybridized carbons (Fsp3) is 0.500. The topological polar surface area (TPSA) is 146 Å². The summed E-state index contributed by atoms with van der Waals surface area (Å²) in [6, 6.07) is 4.32. The van der Waals surface area contributed by atoms with Crippen LogP contribution in [-0.2, 0) is 0 Å². The molecule has 2 heterocycles. The maximum Gasteiger partial charge on any atom is 0.159 e. The van der Waals surface area contributed by atoms with E-state index in [2.05, 4.69) is 42.6 Å². The maximum atomic E-state index is 10.6. The SMILES string of the molecule is N#Cc1cnc(Nc2cc(NC3CCC(N)CC3)c(C#CC3(O)CCCC3)nn2)cn1. The van der Waals surface area contributed by atoms with Gasteiger partial charge in [-0.25, -0.2) is 9.97 Å². The van der Waals surface area contributed by atoms with Crippen LogP contribution in [0.25, 0.3) is 0 Å². The van der Waals surface area contributed by atoms with Crippen LogP contribution in [0.3, 0.4) is 0 Å². The van der Waals surface area contributed by atoms with Crippen molar-refractivity contribution in [2.24, 2.45) is 5.73 Å². The fourth-order valence-electron chi connectivity index (χ4n) is 3.98. The zero-order valence-corrected chi connectivity index (χ0v) is 17.3. The van der Waals surface area contributed by atoms with Crippen LogP contribution in [-0.4, -0.2) is 43.0 Å². The maximum absolute atomic E-state index is 10.6. The first-order valence-corrected chi connectivity index (χ1v) is 10.7. The van der Waals surface area contributed by atoms with Gasteiger partial charge in [0.15, 0.2) is 17.2 Å². The van der Waals surface area contributed by atoms with Gasteiger partial charge in [0.1, 0.15) is 17.5 Å². The quantitative estimate of drug-likeness (QED) is 0.549. The first kappa shape index (κ1) is 21.0. The predicted octanol–water partition coefficient (Wildman–Crippen LogP) is 2.22. The molecule has 0 saturated heterocycles. The monoisotopic (exact) mass is 418 g/mol. The van der Waals surface area contributed by atoms with Crippen molar-refractivity contribution in [3.05, 3.63) is 29.8 Å². The molecule has 2 aliphatic carbocycles. The van der Waals surface area contributed by atoms with Crippen LogP contribution in [0.1, 0.15) is 62.8 Å². The third-order valence-corrected chi connectivity index (χ3v) is 5.79. The number of hydrogen-bond acceptors (Lipinski definition) is 9. The number of hydrogen-bond donors (Lipinski definition) is 4. The summed E-state index contributed by atoms with van der Waals surface area (Å²) in [5.74, 6) is 7.00. The Labute approximate surface area is 181 Å². The molecule has 9 heteroatoms. The number of nitrogens with zero attached hydrogens (tertiary/aromatic N) is 5. The first-order valence-electron chi connectivity index (χ1n) is 10.7. The lowest BCUT2D eigenvalue weighted by Crippen LogP contribution is -2.33. The van der Waals surface area contributed by atoms with E-state index >= 15 is 0 Å². The minimum Gasteiger partial charge on any atom is -0.380 e. The first-order chi connectivity index (χ1) is 15.0. The van der Waals surface area contributed by atoms with Crippen LogP contribution in [0.4, 0.5) is 17.3 Å². The molecule has 0 radical (unpaired) electrons. The summed E-state index contributed by atoms with van der Waals surface area (Å²) in [5, 5.41) is 34.5. The van der Waals surface area contributed by atoms with Gasteiger partial charge in [-0.05, 0) is 57.3 Å². The Bertz CT molecular complexity index is 1010. The molecular formula is C22H26N8O. The highest BCUT2D eigenvalue weighted by Crippen LogP contribution is 2.29. The highest BCUT2D eigenvalue weighted by atomic mass is 16.3. The lowest BCUT2D eigenvalue weighted by Gasteiger charge is -2.28. The van der Waals surface area contributed by atoms with Crippen LogP contribution < -0.4 is 16.4 Å². The Balaban J connectivity index is 1.57. The molecule has 0 bridgehead atoms. The molecule has 2 aromatic rings. The van der Waals surface area contributed by atoms with E-state index in [0.29, 0.717) is 30.2 Å². The second kappa shape index (κ2) is 9.25. The third-order valence-electron chi connectivity index (χ3n) is 5.79. The van der Waals surface area contributed by atoms with Crippen LogP contribution in [0.15, 0.2) is 18.5 Å². The Hall–Kier alpha value is -3.27. The van der Waals surface area contributed by atoms with Gasteiger partial charge in [-0.15, -0.1) is 10.2 Å². The van der Waals surface area contributed by atoms with E-state index in [1.54, 1.807) is 0 Å². The van der Waals surface area contributed by atoms with Crippen molar-refractivity contribution < 1.29 is 5.11 Å². The zero-order chi connectivity index (χ0) is 21.7. The highest BCUT2D eigenvalue weighted by molar-refractivity contribution is 5.63.